The van der Waals surface area contributed by atoms with Crippen LogP contribution < -0.4 is 0 Å². The van der Waals surface area contributed by atoms with Crippen LogP contribution in [0.3, 0.4) is 0 Å². The largest absolute Gasteiger partial charge is 0.303 e. The molecule has 0 aliphatic heterocycles. The monoisotopic (exact) mass is 180 g/mol. The number of halogens is 1. The van der Waals surface area contributed by atoms with Crippen LogP contribution in [-0.2, 0) is 11.2 Å². The molecule has 0 aliphatic carbocycles. The Morgan fingerprint density at radius 2 is 2.00 bits per heavy atom. The van der Waals surface area contributed by atoms with E-state index in [9.17, 15) is 9.18 Å². The Balaban J connectivity index is 2.86. The van der Waals surface area contributed by atoms with Crippen molar-refractivity contribution in [3.8, 4) is 0 Å². The molecule has 1 rings (SSSR count). The first-order valence-electron chi connectivity index (χ1n) is 4.25. The molecule has 0 bridgehead atoms. The van der Waals surface area contributed by atoms with Crippen LogP contribution in [0, 0.1) is 11.2 Å². The van der Waals surface area contributed by atoms with E-state index < -0.39 is 5.41 Å². The fraction of sp³-hybridized carbons (Fsp3) is 0.364. The van der Waals surface area contributed by atoms with Gasteiger partial charge in [-0.1, -0.05) is 32.0 Å². The van der Waals surface area contributed by atoms with Crippen LogP contribution in [0.15, 0.2) is 24.3 Å². The molecule has 1 aromatic rings. The minimum absolute atomic E-state index is 0.238. The highest BCUT2D eigenvalue weighted by Gasteiger charge is 2.18. The van der Waals surface area contributed by atoms with Gasteiger partial charge in [0.15, 0.2) is 0 Å². The standard InChI is InChI=1S/C11H13FO/c1-11(2,8-13)7-9-5-3-4-6-10(9)12/h3-6,8H,7H2,1-2H3. The van der Waals surface area contributed by atoms with Gasteiger partial charge in [0, 0.05) is 5.41 Å². The van der Waals surface area contributed by atoms with Gasteiger partial charge in [-0.15, -0.1) is 0 Å². The maximum Gasteiger partial charge on any atom is 0.126 e. The Kier molecular flexibility index (Phi) is 2.81. The number of benzene rings is 1. The van der Waals surface area contributed by atoms with Crippen molar-refractivity contribution in [2.75, 3.05) is 0 Å². The molecule has 0 unspecified atom stereocenters. The molecule has 0 atom stereocenters. The average molecular weight is 180 g/mol. The zero-order valence-electron chi connectivity index (χ0n) is 7.88. The summed E-state index contributed by atoms with van der Waals surface area (Å²) < 4.78 is 13.1. The second kappa shape index (κ2) is 3.69. The number of hydrogen-bond donors (Lipinski definition) is 0. The first-order valence-corrected chi connectivity index (χ1v) is 4.25. The summed E-state index contributed by atoms with van der Waals surface area (Å²) in [5.41, 5.74) is 0.113. The van der Waals surface area contributed by atoms with E-state index >= 15 is 0 Å². The van der Waals surface area contributed by atoms with E-state index in [1.54, 1.807) is 32.0 Å². The highest BCUT2D eigenvalue weighted by atomic mass is 19.1. The van der Waals surface area contributed by atoms with E-state index in [0.29, 0.717) is 12.0 Å². The van der Waals surface area contributed by atoms with E-state index in [2.05, 4.69) is 0 Å². The third-order valence-electron chi connectivity index (χ3n) is 1.92. The van der Waals surface area contributed by atoms with Crippen molar-refractivity contribution < 1.29 is 9.18 Å². The molecule has 0 N–H and O–H groups in total. The minimum Gasteiger partial charge on any atom is -0.303 e. The van der Waals surface area contributed by atoms with Gasteiger partial charge >= 0.3 is 0 Å². The molecule has 0 fully saturated rings. The van der Waals surface area contributed by atoms with E-state index in [1.165, 1.54) is 6.07 Å². The zero-order chi connectivity index (χ0) is 9.90. The maximum absolute atomic E-state index is 13.1. The van der Waals surface area contributed by atoms with Gasteiger partial charge in [-0.25, -0.2) is 4.39 Å². The molecule has 0 saturated carbocycles. The summed E-state index contributed by atoms with van der Waals surface area (Å²) >= 11 is 0. The number of rotatable bonds is 3. The predicted molar refractivity (Wildman–Crippen MR) is 49.9 cm³/mol. The van der Waals surface area contributed by atoms with Crippen molar-refractivity contribution in [2.24, 2.45) is 5.41 Å². The number of carbonyl (C=O) groups excluding carboxylic acids is 1. The average Bonchev–Trinajstić information content (AvgIpc) is 2.09. The predicted octanol–water partition coefficient (Wildman–Crippen LogP) is 2.59. The topological polar surface area (TPSA) is 17.1 Å². The number of aldehydes is 1. The quantitative estimate of drug-likeness (QED) is 0.653. The summed E-state index contributed by atoms with van der Waals surface area (Å²) in [6, 6.07) is 6.54. The third kappa shape index (κ3) is 2.65. The van der Waals surface area contributed by atoms with Crippen LogP contribution in [0.5, 0.6) is 0 Å². The molecule has 0 saturated heterocycles. The molecule has 0 heterocycles. The van der Waals surface area contributed by atoms with E-state index in [-0.39, 0.29) is 5.82 Å². The Morgan fingerprint density at radius 1 is 1.38 bits per heavy atom. The van der Waals surface area contributed by atoms with Crippen LogP contribution in [0.4, 0.5) is 4.39 Å². The van der Waals surface area contributed by atoms with Crippen molar-refractivity contribution in [1.29, 1.82) is 0 Å². The van der Waals surface area contributed by atoms with Gasteiger partial charge < -0.3 is 4.79 Å². The van der Waals surface area contributed by atoms with Crippen molar-refractivity contribution in [2.45, 2.75) is 20.3 Å². The molecule has 1 nitrogen and oxygen atoms in total. The lowest BCUT2D eigenvalue weighted by atomic mass is 9.87. The van der Waals surface area contributed by atoms with Crippen LogP contribution in [0.25, 0.3) is 0 Å². The van der Waals surface area contributed by atoms with Gasteiger partial charge in [0.1, 0.15) is 12.1 Å². The SMILES string of the molecule is CC(C)(C=O)Cc1ccccc1F. The van der Waals surface area contributed by atoms with Gasteiger partial charge in [-0.05, 0) is 18.1 Å². The molecular weight excluding hydrogens is 167 g/mol. The van der Waals surface area contributed by atoms with Gasteiger partial charge in [-0.3, -0.25) is 0 Å². The summed E-state index contributed by atoms with van der Waals surface area (Å²) in [4.78, 5) is 10.6. The molecule has 2 heteroatoms. The van der Waals surface area contributed by atoms with E-state index in [0.717, 1.165) is 6.29 Å². The lowest BCUT2D eigenvalue weighted by molar-refractivity contribution is -0.114. The zero-order valence-corrected chi connectivity index (χ0v) is 7.88. The Labute approximate surface area is 77.6 Å². The Bertz CT molecular complexity index is 305. The van der Waals surface area contributed by atoms with Crippen molar-refractivity contribution in [1.82, 2.24) is 0 Å². The molecule has 70 valence electrons. The molecule has 0 aliphatic rings. The summed E-state index contributed by atoms with van der Waals surface area (Å²) in [6.07, 6.45) is 1.31. The van der Waals surface area contributed by atoms with Crippen LogP contribution >= 0.6 is 0 Å². The Hall–Kier alpha value is -1.18. The highest BCUT2D eigenvalue weighted by Crippen LogP contribution is 2.20. The second-order valence-corrected chi connectivity index (χ2v) is 3.87. The van der Waals surface area contributed by atoms with Crippen molar-refractivity contribution >= 4 is 6.29 Å². The fourth-order valence-electron chi connectivity index (χ4n) is 1.17. The van der Waals surface area contributed by atoms with Crippen LogP contribution in [0.2, 0.25) is 0 Å². The molecule has 13 heavy (non-hydrogen) atoms. The fourth-order valence-corrected chi connectivity index (χ4v) is 1.17. The molecular formula is C11H13FO. The summed E-state index contributed by atoms with van der Waals surface area (Å²) in [5.74, 6) is -0.238. The summed E-state index contributed by atoms with van der Waals surface area (Å²) in [6.45, 7) is 3.60. The van der Waals surface area contributed by atoms with E-state index in [1.807, 2.05) is 0 Å². The summed E-state index contributed by atoms with van der Waals surface area (Å²) in [7, 11) is 0. The first-order chi connectivity index (χ1) is 6.05. The number of carbonyl (C=O) groups is 1. The lowest BCUT2D eigenvalue weighted by Crippen LogP contribution is -2.17. The summed E-state index contributed by atoms with van der Waals surface area (Å²) in [5, 5.41) is 0. The molecule has 0 amide bonds. The van der Waals surface area contributed by atoms with Gasteiger partial charge in [0.05, 0.1) is 0 Å². The third-order valence-corrected chi connectivity index (χ3v) is 1.92. The number of hydrogen-bond acceptors (Lipinski definition) is 1. The van der Waals surface area contributed by atoms with Gasteiger partial charge in [0.25, 0.3) is 0 Å². The van der Waals surface area contributed by atoms with Crippen LogP contribution in [-0.4, -0.2) is 6.29 Å². The van der Waals surface area contributed by atoms with Crippen LogP contribution in [0.1, 0.15) is 19.4 Å². The van der Waals surface area contributed by atoms with Gasteiger partial charge in [0.2, 0.25) is 0 Å². The molecule has 1 aromatic carbocycles. The highest BCUT2D eigenvalue weighted by molar-refractivity contribution is 5.58. The maximum atomic E-state index is 13.1. The molecule has 0 radical (unpaired) electrons. The smallest absolute Gasteiger partial charge is 0.126 e. The van der Waals surface area contributed by atoms with Gasteiger partial charge in [-0.2, -0.15) is 0 Å². The normalized spacial score (nSPS) is 11.3. The van der Waals surface area contributed by atoms with E-state index in [4.69, 9.17) is 0 Å². The van der Waals surface area contributed by atoms with Crippen molar-refractivity contribution in [3.05, 3.63) is 35.6 Å². The lowest BCUT2D eigenvalue weighted by Gasteiger charge is -2.16. The Morgan fingerprint density at radius 3 is 2.54 bits per heavy atom. The second-order valence-electron chi connectivity index (χ2n) is 3.87. The molecule has 0 aromatic heterocycles. The first kappa shape index (κ1) is 9.90. The van der Waals surface area contributed by atoms with Crippen molar-refractivity contribution in [3.63, 3.8) is 0 Å². The molecule has 0 spiro atoms. The minimum atomic E-state index is -0.484.